The first-order valence-corrected chi connectivity index (χ1v) is 17.7. The summed E-state index contributed by atoms with van der Waals surface area (Å²) in [6, 6.07) is 19.3. The standard InChI is InChI=1S/C29H31N7O.C4H5N3O.CH4O3S/c1-21-5-10-25(18-27(21)34-29-31-13-11-26(33-29)24-4-3-12-30-19-24)32-28(37)23-8-6-22(7-9-23)20-36-16-14-35(2)15-17-36;5-3-2-1-7(2)4(8)6-3;1-5(2,3)4/h3-13,18-19H,14-17,20H2,1-2H3,(H,32,37)(H,31,33,34);2H,1H2,(H2,5,6,8);1H3,(H,2,3,4). The van der Waals surface area contributed by atoms with E-state index in [0.717, 1.165) is 61.8 Å². The molecule has 0 bridgehead atoms. The summed E-state index contributed by atoms with van der Waals surface area (Å²) in [5.74, 6) is 0.814. The van der Waals surface area contributed by atoms with E-state index in [1.807, 2.05) is 67.6 Å². The van der Waals surface area contributed by atoms with Gasteiger partial charge in [-0.2, -0.15) is 13.4 Å². The number of rotatable bonds is 7. The lowest BCUT2D eigenvalue weighted by Crippen LogP contribution is -2.43. The highest BCUT2D eigenvalue weighted by atomic mass is 32.2. The Morgan fingerprint density at radius 3 is 2.34 bits per heavy atom. The Kier molecular flexibility index (Phi) is 11.5. The number of aliphatic imine (C=N–C) groups is 1. The van der Waals surface area contributed by atoms with Gasteiger partial charge < -0.3 is 26.2 Å². The van der Waals surface area contributed by atoms with Gasteiger partial charge in [0.2, 0.25) is 5.95 Å². The number of hydrogen-bond acceptors (Lipinski definition) is 11. The summed E-state index contributed by atoms with van der Waals surface area (Å²) in [4.78, 5) is 46.5. The topological polar surface area (TPSA) is 199 Å². The predicted octanol–water partition coefficient (Wildman–Crippen LogP) is 3.26. The van der Waals surface area contributed by atoms with Gasteiger partial charge >= 0.3 is 6.03 Å². The van der Waals surface area contributed by atoms with Crippen molar-refractivity contribution in [1.82, 2.24) is 29.7 Å². The second-order valence-corrected chi connectivity index (χ2v) is 13.6. The molecule has 2 aromatic heterocycles. The molecule has 262 valence electrons. The molecule has 3 aliphatic heterocycles. The van der Waals surface area contributed by atoms with Gasteiger partial charge in [0.05, 0.1) is 18.5 Å². The van der Waals surface area contributed by atoms with E-state index < -0.39 is 10.1 Å². The maximum atomic E-state index is 12.9. The van der Waals surface area contributed by atoms with Crippen LogP contribution in [-0.2, 0) is 16.7 Å². The van der Waals surface area contributed by atoms with E-state index in [9.17, 15) is 18.0 Å². The molecular weight excluding hydrogens is 661 g/mol. The number of nitrogens with two attached hydrogens (primary N) is 1. The fraction of sp³-hybridized carbons (Fsp3) is 0.294. The molecule has 3 aliphatic rings. The van der Waals surface area contributed by atoms with E-state index in [2.05, 4.69) is 47.4 Å². The van der Waals surface area contributed by atoms with Gasteiger partial charge in [-0.1, -0.05) is 18.2 Å². The number of benzene rings is 2. The molecule has 50 heavy (non-hydrogen) atoms. The van der Waals surface area contributed by atoms with Gasteiger partial charge in [-0.3, -0.25) is 19.2 Å². The Morgan fingerprint density at radius 1 is 1.04 bits per heavy atom. The number of urea groups is 1. The molecule has 0 spiro atoms. The Morgan fingerprint density at radius 2 is 1.76 bits per heavy atom. The van der Waals surface area contributed by atoms with Crippen molar-refractivity contribution < 1.29 is 22.6 Å². The minimum atomic E-state index is -3.67. The van der Waals surface area contributed by atoms with Crippen LogP contribution in [0.1, 0.15) is 21.5 Å². The summed E-state index contributed by atoms with van der Waals surface area (Å²) in [7, 11) is -1.51. The van der Waals surface area contributed by atoms with E-state index in [0.29, 0.717) is 29.3 Å². The van der Waals surface area contributed by atoms with Gasteiger partial charge in [-0.25, -0.2) is 14.8 Å². The lowest BCUT2D eigenvalue weighted by atomic mass is 10.1. The molecule has 1 unspecified atom stereocenters. The van der Waals surface area contributed by atoms with Crippen molar-refractivity contribution in [2.75, 3.05) is 56.7 Å². The zero-order chi connectivity index (χ0) is 35.8. The number of hydrogen-bond donors (Lipinski definition) is 4. The number of carbonyl (C=O) groups excluding carboxylic acids is 2. The highest BCUT2D eigenvalue weighted by molar-refractivity contribution is 7.85. The molecule has 2 saturated heterocycles. The third kappa shape index (κ3) is 10.6. The number of piperazine rings is 1. The molecule has 5 heterocycles. The second-order valence-electron chi connectivity index (χ2n) is 12.1. The van der Waals surface area contributed by atoms with E-state index >= 15 is 0 Å². The van der Waals surface area contributed by atoms with Gasteiger partial charge in [0.15, 0.2) is 0 Å². The Labute approximate surface area is 291 Å². The van der Waals surface area contributed by atoms with Crippen LogP contribution in [0.5, 0.6) is 0 Å². The second kappa shape index (κ2) is 15.9. The highest BCUT2D eigenvalue weighted by Gasteiger charge is 2.46. The van der Waals surface area contributed by atoms with Gasteiger partial charge in [-0.15, -0.1) is 0 Å². The van der Waals surface area contributed by atoms with Crippen molar-refractivity contribution in [3.8, 4) is 11.3 Å². The number of carbonyl (C=O) groups is 2. The predicted molar refractivity (Wildman–Crippen MR) is 192 cm³/mol. The minimum absolute atomic E-state index is 0.143. The Balaban J connectivity index is 0.000000311. The zero-order valence-electron chi connectivity index (χ0n) is 28.0. The van der Waals surface area contributed by atoms with Gasteiger partial charge in [0.1, 0.15) is 11.9 Å². The SMILES string of the molecule is CS(=O)(=O)O.Cc1ccc(NC(=O)c2ccc(CN3CCN(C)CC3)cc2)cc1Nc1nccc(-c2cccnc2)n1.NC1=NC(=O)N2CC12. The molecule has 2 aromatic carbocycles. The summed E-state index contributed by atoms with van der Waals surface area (Å²) in [6.07, 6.45) is 5.93. The summed E-state index contributed by atoms with van der Waals surface area (Å²) in [5.41, 5.74) is 11.4. The Bertz CT molecular complexity index is 1940. The van der Waals surface area contributed by atoms with Crippen LogP contribution >= 0.6 is 0 Å². The summed E-state index contributed by atoms with van der Waals surface area (Å²) in [5, 5.41) is 6.29. The van der Waals surface area contributed by atoms with Crippen molar-refractivity contribution in [2.45, 2.75) is 19.5 Å². The molecule has 0 radical (unpaired) electrons. The number of likely N-dealkylation sites (N-methyl/N-ethyl adjacent to an activating group) is 1. The van der Waals surface area contributed by atoms with Gasteiger partial charge in [0.25, 0.3) is 16.0 Å². The third-order valence-corrected chi connectivity index (χ3v) is 8.00. The van der Waals surface area contributed by atoms with Gasteiger partial charge in [-0.05, 0) is 67.6 Å². The number of aryl methyl sites for hydroxylation is 1. The van der Waals surface area contributed by atoms with Crippen LogP contribution in [0.2, 0.25) is 0 Å². The molecule has 15 nitrogen and oxygen atoms in total. The van der Waals surface area contributed by atoms with E-state index in [1.165, 1.54) is 5.56 Å². The van der Waals surface area contributed by atoms with Crippen LogP contribution in [0.4, 0.5) is 22.1 Å². The number of pyridine rings is 1. The number of amidine groups is 1. The average molecular weight is 701 g/mol. The number of anilines is 3. The highest BCUT2D eigenvalue weighted by Crippen LogP contribution is 2.25. The third-order valence-electron chi connectivity index (χ3n) is 8.00. The van der Waals surface area contributed by atoms with Crippen molar-refractivity contribution in [2.24, 2.45) is 10.7 Å². The largest absolute Gasteiger partial charge is 0.385 e. The summed E-state index contributed by atoms with van der Waals surface area (Å²) < 4.78 is 25.9. The molecule has 5 N–H and O–H groups in total. The maximum absolute atomic E-state index is 12.9. The van der Waals surface area contributed by atoms with Crippen molar-refractivity contribution in [3.63, 3.8) is 0 Å². The zero-order valence-corrected chi connectivity index (χ0v) is 28.8. The fourth-order valence-electron chi connectivity index (χ4n) is 5.13. The van der Waals surface area contributed by atoms with Crippen molar-refractivity contribution in [1.29, 1.82) is 0 Å². The van der Waals surface area contributed by atoms with Crippen molar-refractivity contribution in [3.05, 3.63) is 95.9 Å². The monoisotopic (exact) mass is 700 g/mol. The summed E-state index contributed by atoms with van der Waals surface area (Å²) in [6.45, 7) is 8.02. The normalized spacial score (nSPS) is 17.0. The lowest BCUT2D eigenvalue weighted by Gasteiger charge is -2.32. The van der Waals surface area contributed by atoms with Crippen molar-refractivity contribution >= 4 is 45.2 Å². The fourth-order valence-corrected chi connectivity index (χ4v) is 5.13. The van der Waals surface area contributed by atoms with Crippen LogP contribution < -0.4 is 16.4 Å². The molecule has 1 atom stereocenters. The van der Waals surface area contributed by atoms with E-state index in [4.69, 9.17) is 10.3 Å². The molecular formula is C34H40N10O5S. The van der Waals surface area contributed by atoms with Crippen LogP contribution in [-0.4, -0.2) is 112 Å². The van der Waals surface area contributed by atoms with Crippen LogP contribution in [0, 0.1) is 6.92 Å². The smallest absolute Gasteiger partial charge is 0.346 e. The molecule has 2 fully saturated rings. The first kappa shape index (κ1) is 36.0. The van der Waals surface area contributed by atoms with E-state index in [-0.39, 0.29) is 18.0 Å². The number of amides is 3. The van der Waals surface area contributed by atoms with Crippen LogP contribution in [0.25, 0.3) is 11.3 Å². The maximum Gasteiger partial charge on any atom is 0.346 e. The first-order valence-electron chi connectivity index (χ1n) is 15.8. The number of aromatic nitrogens is 3. The molecule has 4 aromatic rings. The molecule has 3 amide bonds. The van der Waals surface area contributed by atoms with E-state index in [1.54, 1.807) is 23.5 Å². The lowest BCUT2D eigenvalue weighted by molar-refractivity contribution is 0.102. The molecule has 0 aliphatic carbocycles. The molecule has 7 rings (SSSR count). The van der Waals surface area contributed by atoms with Crippen LogP contribution in [0.3, 0.4) is 0 Å². The Hall–Kier alpha value is -5.29. The molecule has 0 saturated carbocycles. The number of fused-ring (bicyclic) bond motifs is 1. The molecule has 16 heteroatoms. The number of nitrogens with zero attached hydrogens (tertiary/aromatic N) is 7. The number of nitrogens with one attached hydrogen (secondary N) is 2. The van der Waals surface area contributed by atoms with Gasteiger partial charge in [0, 0.05) is 73.8 Å². The quantitative estimate of drug-likeness (QED) is 0.162. The van der Waals surface area contributed by atoms with Crippen LogP contribution in [0.15, 0.2) is 84.2 Å². The minimum Gasteiger partial charge on any atom is -0.385 e. The average Bonchev–Trinajstić information content (AvgIpc) is 3.84. The summed E-state index contributed by atoms with van der Waals surface area (Å²) >= 11 is 0. The first-order chi connectivity index (χ1) is 23.8.